The highest BCUT2D eigenvalue weighted by molar-refractivity contribution is 5.76. The number of amides is 1. The predicted octanol–water partition coefficient (Wildman–Crippen LogP) is 1.18. The molecule has 1 aromatic carbocycles. The smallest absolute Gasteiger partial charge is 0.235 e. The molecule has 0 aromatic heterocycles. The van der Waals surface area contributed by atoms with Crippen LogP contribution >= 0.6 is 0 Å². The quantitative estimate of drug-likeness (QED) is 0.448. The van der Waals surface area contributed by atoms with E-state index >= 15 is 0 Å². The number of hydrogen-bond donors (Lipinski definition) is 2. The normalized spacial score (nSPS) is 11.4. The topological polar surface area (TPSA) is 82.2 Å². The SMILES string of the molecule is CC(CC(=O)NN)N(CCC#N)c1ccccc1. The maximum atomic E-state index is 11.3. The summed E-state index contributed by atoms with van der Waals surface area (Å²) in [5.41, 5.74) is 3.13. The fourth-order valence-electron chi connectivity index (χ4n) is 1.83. The van der Waals surface area contributed by atoms with Gasteiger partial charge in [-0.05, 0) is 19.1 Å². The van der Waals surface area contributed by atoms with Crippen molar-refractivity contribution in [2.45, 2.75) is 25.8 Å². The summed E-state index contributed by atoms with van der Waals surface area (Å²) in [6.07, 6.45) is 0.723. The highest BCUT2D eigenvalue weighted by Crippen LogP contribution is 2.18. The second-order valence-electron chi connectivity index (χ2n) is 4.06. The van der Waals surface area contributed by atoms with Gasteiger partial charge >= 0.3 is 0 Å². The second-order valence-corrected chi connectivity index (χ2v) is 4.06. The number of carbonyl (C=O) groups excluding carboxylic acids is 1. The summed E-state index contributed by atoms with van der Waals surface area (Å²) < 4.78 is 0. The van der Waals surface area contributed by atoms with Crippen molar-refractivity contribution in [2.75, 3.05) is 11.4 Å². The van der Waals surface area contributed by atoms with E-state index in [1.54, 1.807) is 0 Å². The minimum atomic E-state index is -0.208. The molecular formula is C13H18N4O. The molecule has 0 saturated carbocycles. The zero-order chi connectivity index (χ0) is 13.4. The molecule has 0 saturated heterocycles. The zero-order valence-corrected chi connectivity index (χ0v) is 10.5. The summed E-state index contributed by atoms with van der Waals surface area (Å²) in [5.74, 6) is 4.88. The Morgan fingerprint density at radius 1 is 1.50 bits per heavy atom. The summed E-state index contributed by atoms with van der Waals surface area (Å²) in [7, 11) is 0. The Morgan fingerprint density at radius 3 is 2.72 bits per heavy atom. The van der Waals surface area contributed by atoms with E-state index in [1.165, 1.54) is 0 Å². The average molecular weight is 246 g/mol. The van der Waals surface area contributed by atoms with Crippen molar-refractivity contribution < 1.29 is 4.79 Å². The first-order chi connectivity index (χ1) is 8.69. The minimum absolute atomic E-state index is 0.00991. The lowest BCUT2D eigenvalue weighted by molar-refractivity contribution is -0.121. The van der Waals surface area contributed by atoms with Crippen molar-refractivity contribution in [2.24, 2.45) is 5.84 Å². The third-order valence-corrected chi connectivity index (χ3v) is 2.73. The Hall–Kier alpha value is -2.06. The van der Waals surface area contributed by atoms with E-state index in [-0.39, 0.29) is 11.9 Å². The van der Waals surface area contributed by atoms with Gasteiger partial charge in [0.2, 0.25) is 5.91 Å². The summed E-state index contributed by atoms with van der Waals surface area (Å²) in [6.45, 7) is 2.54. The molecule has 5 heteroatoms. The summed E-state index contributed by atoms with van der Waals surface area (Å²) in [5, 5.41) is 8.70. The van der Waals surface area contributed by atoms with Crippen molar-refractivity contribution in [3.05, 3.63) is 30.3 Å². The van der Waals surface area contributed by atoms with Crippen LogP contribution in [0.3, 0.4) is 0 Å². The molecule has 0 aliphatic rings. The summed E-state index contributed by atoms with van der Waals surface area (Å²) in [4.78, 5) is 13.3. The number of hydrogen-bond acceptors (Lipinski definition) is 4. The number of nitrogens with two attached hydrogens (primary N) is 1. The number of benzene rings is 1. The molecule has 0 heterocycles. The maximum absolute atomic E-state index is 11.3. The van der Waals surface area contributed by atoms with Gasteiger partial charge in [-0.1, -0.05) is 18.2 Å². The number of hydrazine groups is 1. The highest BCUT2D eigenvalue weighted by atomic mass is 16.2. The lowest BCUT2D eigenvalue weighted by Gasteiger charge is -2.30. The molecule has 1 aromatic rings. The van der Waals surface area contributed by atoms with Crippen molar-refractivity contribution in [3.8, 4) is 6.07 Å². The molecule has 5 nitrogen and oxygen atoms in total. The molecule has 0 aliphatic carbocycles. The number of carbonyl (C=O) groups is 1. The van der Waals surface area contributed by atoms with Gasteiger partial charge in [0.15, 0.2) is 0 Å². The van der Waals surface area contributed by atoms with Gasteiger partial charge < -0.3 is 4.90 Å². The predicted molar refractivity (Wildman–Crippen MR) is 70.4 cm³/mol. The van der Waals surface area contributed by atoms with E-state index in [4.69, 9.17) is 11.1 Å². The molecule has 1 unspecified atom stereocenters. The Balaban J connectivity index is 2.78. The standard InChI is InChI=1S/C13H18N4O/c1-11(10-13(18)16-15)17(9-5-8-14)12-6-3-2-4-7-12/h2-4,6-7,11H,5,9-10,15H2,1H3,(H,16,18). The molecular weight excluding hydrogens is 228 g/mol. The Bertz CT molecular complexity index is 413. The van der Waals surface area contributed by atoms with Crippen molar-refractivity contribution in [1.82, 2.24) is 5.43 Å². The molecule has 0 radical (unpaired) electrons. The van der Waals surface area contributed by atoms with Crippen LogP contribution in [0.25, 0.3) is 0 Å². The van der Waals surface area contributed by atoms with Crippen LogP contribution < -0.4 is 16.2 Å². The largest absolute Gasteiger partial charge is 0.367 e. The van der Waals surface area contributed by atoms with E-state index in [0.717, 1.165) is 5.69 Å². The number of nitrogens with zero attached hydrogens (tertiary/aromatic N) is 2. The fourth-order valence-corrected chi connectivity index (χ4v) is 1.83. The molecule has 0 spiro atoms. The van der Waals surface area contributed by atoms with Gasteiger partial charge in [0, 0.05) is 24.7 Å². The van der Waals surface area contributed by atoms with Crippen LogP contribution in [0, 0.1) is 11.3 Å². The Labute approximate surface area is 107 Å². The van der Waals surface area contributed by atoms with Crippen molar-refractivity contribution in [1.29, 1.82) is 5.26 Å². The molecule has 1 amide bonds. The first-order valence-corrected chi connectivity index (χ1v) is 5.87. The third-order valence-electron chi connectivity index (χ3n) is 2.73. The van der Waals surface area contributed by atoms with Gasteiger partial charge in [-0.3, -0.25) is 10.2 Å². The Kier molecular flexibility index (Phi) is 5.68. The van der Waals surface area contributed by atoms with E-state index in [0.29, 0.717) is 19.4 Å². The third kappa shape index (κ3) is 4.07. The zero-order valence-electron chi connectivity index (χ0n) is 10.5. The molecule has 96 valence electrons. The first kappa shape index (κ1) is 14.0. The molecule has 1 rings (SSSR count). The van der Waals surface area contributed by atoms with Gasteiger partial charge in [0.05, 0.1) is 12.5 Å². The highest BCUT2D eigenvalue weighted by Gasteiger charge is 2.16. The fraction of sp³-hybridized carbons (Fsp3) is 0.385. The van der Waals surface area contributed by atoms with E-state index in [9.17, 15) is 4.79 Å². The first-order valence-electron chi connectivity index (χ1n) is 5.87. The lowest BCUT2D eigenvalue weighted by atomic mass is 10.1. The van der Waals surface area contributed by atoms with Crippen LogP contribution in [-0.4, -0.2) is 18.5 Å². The molecule has 1 atom stereocenters. The summed E-state index contributed by atoms with van der Waals surface area (Å²) >= 11 is 0. The van der Waals surface area contributed by atoms with Crippen LogP contribution in [0.1, 0.15) is 19.8 Å². The van der Waals surface area contributed by atoms with Gasteiger partial charge in [-0.2, -0.15) is 5.26 Å². The van der Waals surface area contributed by atoms with Crippen LogP contribution in [0.4, 0.5) is 5.69 Å². The van der Waals surface area contributed by atoms with Gasteiger partial charge in [-0.15, -0.1) is 0 Å². The van der Waals surface area contributed by atoms with Crippen LogP contribution in [-0.2, 0) is 4.79 Å². The lowest BCUT2D eigenvalue weighted by Crippen LogP contribution is -2.40. The second kappa shape index (κ2) is 7.30. The van der Waals surface area contributed by atoms with E-state index in [1.807, 2.05) is 42.2 Å². The average Bonchev–Trinajstić information content (AvgIpc) is 2.40. The maximum Gasteiger partial charge on any atom is 0.235 e. The molecule has 18 heavy (non-hydrogen) atoms. The number of rotatable bonds is 6. The summed E-state index contributed by atoms with van der Waals surface area (Å²) in [6, 6.07) is 11.8. The van der Waals surface area contributed by atoms with Crippen LogP contribution in [0.5, 0.6) is 0 Å². The minimum Gasteiger partial charge on any atom is -0.367 e. The van der Waals surface area contributed by atoms with Crippen LogP contribution in [0.2, 0.25) is 0 Å². The molecule has 3 N–H and O–H groups in total. The molecule has 0 bridgehead atoms. The number of nitriles is 1. The van der Waals surface area contributed by atoms with Crippen molar-refractivity contribution >= 4 is 11.6 Å². The van der Waals surface area contributed by atoms with Gasteiger partial charge in [-0.25, -0.2) is 5.84 Å². The number of anilines is 1. The molecule has 0 fully saturated rings. The van der Waals surface area contributed by atoms with E-state index in [2.05, 4.69) is 11.5 Å². The van der Waals surface area contributed by atoms with E-state index < -0.39 is 0 Å². The monoisotopic (exact) mass is 246 g/mol. The number of nitrogens with one attached hydrogen (secondary N) is 1. The van der Waals surface area contributed by atoms with Crippen LogP contribution in [0.15, 0.2) is 30.3 Å². The van der Waals surface area contributed by atoms with Gasteiger partial charge in [0.25, 0.3) is 0 Å². The molecule has 0 aliphatic heterocycles. The Morgan fingerprint density at radius 2 is 2.17 bits per heavy atom. The number of para-hydroxylation sites is 1. The van der Waals surface area contributed by atoms with Gasteiger partial charge in [0.1, 0.15) is 0 Å². The van der Waals surface area contributed by atoms with Crippen molar-refractivity contribution in [3.63, 3.8) is 0 Å².